The monoisotopic (exact) mass is 279 g/mol. The van der Waals surface area contributed by atoms with E-state index >= 15 is 0 Å². The Bertz CT molecular complexity index is 521. The number of carboxylic acid groups (broad SMARTS) is 1. The molecule has 1 amide bonds. The number of carboxylic acids is 1. The van der Waals surface area contributed by atoms with Crippen LogP contribution in [-0.2, 0) is 4.79 Å². The normalized spacial score (nSPS) is 22.2. The fraction of sp³-hybridized carbons (Fsp3) is 0.429. The lowest BCUT2D eigenvalue weighted by atomic mass is 10.0. The molecule has 0 radical (unpaired) electrons. The van der Waals surface area contributed by atoms with Gasteiger partial charge in [0, 0.05) is 5.69 Å². The molecule has 102 valence electrons. The van der Waals surface area contributed by atoms with Crippen LogP contribution in [0, 0.1) is 6.92 Å². The maximum atomic E-state index is 12.2. The highest BCUT2D eigenvalue weighted by atomic mass is 32.2. The van der Waals surface area contributed by atoms with Gasteiger partial charge < -0.3 is 10.4 Å². The smallest absolute Gasteiger partial charge is 0.335 e. The largest absolute Gasteiger partial charge is 0.478 e. The number of carbonyl (C=O) groups is 2. The number of carbonyl (C=O) groups excluding carboxylic acids is 1. The van der Waals surface area contributed by atoms with Crippen molar-refractivity contribution in [3.63, 3.8) is 0 Å². The van der Waals surface area contributed by atoms with Crippen LogP contribution in [0.15, 0.2) is 18.2 Å². The van der Waals surface area contributed by atoms with Crippen molar-refractivity contribution in [2.24, 2.45) is 0 Å². The van der Waals surface area contributed by atoms with Gasteiger partial charge in [-0.3, -0.25) is 4.79 Å². The van der Waals surface area contributed by atoms with Gasteiger partial charge in [0.15, 0.2) is 0 Å². The van der Waals surface area contributed by atoms with E-state index in [2.05, 4.69) is 5.32 Å². The van der Waals surface area contributed by atoms with Crippen molar-refractivity contribution in [1.29, 1.82) is 0 Å². The van der Waals surface area contributed by atoms with Crippen LogP contribution in [0.3, 0.4) is 0 Å². The predicted octanol–water partition coefficient (Wildman–Crippen LogP) is 2.92. The van der Waals surface area contributed by atoms with E-state index in [0.717, 1.165) is 18.6 Å². The summed E-state index contributed by atoms with van der Waals surface area (Å²) >= 11 is 1.68. The van der Waals surface area contributed by atoms with Crippen molar-refractivity contribution in [3.8, 4) is 0 Å². The molecule has 1 aliphatic rings. The summed E-state index contributed by atoms with van der Waals surface area (Å²) in [5, 5.41) is 11.8. The van der Waals surface area contributed by atoms with Crippen LogP contribution in [0.1, 0.15) is 35.7 Å². The topological polar surface area (TPSA) is 66.4 Å². The van der Waals surface area contributed by atoms with Crippen LogP contribution >= 0.6 is 11.8 Å². The molecule has 5 heteroatoms. The predicted molar refractivity (Wildman–Crippen MR) is 76.9 cm³/mol. The summed E-state index contributed by atoms with van der Waals surface area (Å²) in [6, 6.07) is 4.86. The van der Waals surface area contributed by atoms with Crippen molar-refractivity contribution in [1.82, 2.24) is 0 Å². The van der Waals surface area contributed by atoms with E-state index in [1.165, 1.54) is 6.07 Å². The van der Waals surface area contributed by atoms with Crippen LogP contribution in [0.2, 0.25) is 0 Å². The minimum Gasteiger partial charge on any atom is -0.478 e. The van der Waals surface area contributed by atoms with E-state index in [-0.39, 0.29) is 16.2 Å². The molecule has 1 atom stereocenters. The molecule has 2 rings (SSSR count). The molecule has 1 unspecified atom stereocenters. The summed E-state index contributed by atoms with van der Waals surface area (Å²) in [7, 11) is 0. The Morgan fingerprint density at radius 3 is 2.68 bits per heavy atom. The number of hydrogen-bond donors (Lipinski definition) is 2. The molecular formula is C14H17NO3S. The van der Waals surface area contributed by atoms with Crippen LogP contribution in [0.5, 0.6) is 0 Å². The van der Waals surface area contributed by atoms with Gasteiger partial charge in [-0.05, 0) is 56.2 Å². The molecule has 1 aromatic rings. The Balaban J connectivity index is 2.13. The Hall–Kier alpha value is -1.49. The SMILES string of the molecule is Cc1cc(NC(=O)C2(C)CCCS2)ccc1C(=O)O. The molecule has 0 aromatic heterocycles. The average molecular weight is 279 g/mol. The first-order valence-corrected chi connectivity index (χ1v) is 7.20. The molecule has 0 bridgehead atoms. The number of hydrogen-bond acceptors (Lipinski definition) is 3. The third kappa shape index (κ3) is 2.92. The lowest BCUT2D eigenvalue weighted by Gasteiger charge is -2.21. The molecule has 0 spiro atoms. The number of benzene rings is 1. The van der Waals surface area contributed by atoms with Gasteiger partial charge in [-0.2, -0.15) is 0 Å². The first-order valence-electron chi connectivity index (χ1n) is 6.22. The molecule has 1 heterocycles. The summed E-state index contributed by atoms with van der Waals surface area (Å²) in [5.74, 6) is 0.0622. The fourth-order valence-corrected chi connectivity index (χ4v) is 3.41. The summed E-state index contributed by atoms with van der Waals surface area (Å²) in [4.78, 5) is 23.1. The minimum absolute atomic E-state index is 0.00234. The molecule has 0 aliphatic carbocycles. The highest BCUT2D eigenvalue weighted by Gasteiger charge is 2.37. The quantitative estimate of drug-likeness (QED) is 0.892. The molecular weight excluding hydrogens is 262 g/mol. The first kappa shape index (κ1) is 13.9. The van der Waals surface area contributed by atoms with Gasteiger partial charge in [-0.25, -0.2) is 4.79 Å². The van der Waals surface area contributed by atoms with E-state index in [4.69, 9.17) is 5.11 Å². The van der Waals surface area contributed by atoms with Gasteiger partial charge in [-0.1, -0.05) is 0 Å². The van der Waals surface area contributed by atoms with Crippen molar-refractivity contribution in [2.45, 2.75) is 31.4 Å². The highest BCUT2D eigenvalue weighted by molar-refractivity contribution is 8.01. The third-order valence-corrected chi connectivity index (χ3v) is 4.93. The summed E-state index contributed by atoms with van der Waals surface area (Å²) < 4.78 is -0.362. The zero-order chi connectivity index (χ0) is 14.0. The van der Waals surface area contributed by atoms with Gasteiger partial charge in [0.1, 0.15) is 0 Å². The zero-order valence-corrected chi connectivity index (χ0v) is 11.8. The molecule has 0 saturated carbocycles. The lowest BCUT2D eigenvalue weighted by Crippen LogP contribution is -2.34. The van der Waals surface area contributed by atoms with Crippen molar-refractivity contribution < 1.29 is 14.7 Å². The van der Waals surface area contributed by atoms with Gasteiger partial charge in [0.2, 0.25) is 5.91 Å². The Labute approximate surface area is 116 Å². The summed E-state index contributed by atoms with van der Waals surface area (Å²) in [6.07, 6.45) is 1.95. The number of thioether (sulfide) groups is 1. The van der Waals surface area contributed by atoms with E-state index < -0.39 is 5.97 Å². The van der Waals surface area contributed by atoms with Gasteiger partial charge in [-0.15, -0.1) is 11.8 Å². The second-order valence-corrected chi connectivity index (χ2v) is 6.57. The maximum Gasteiger partial charge on any atom is 0.335 e. The number of aromatic carboxylic acids is 1. The van der Waals surface area contributed by atoms with Gasteiger partial charge in [0.05, 0.1) is 10.3 Å². The van der Waals surface area contributed by atoms with E-state index in [1.807, 2.05) is 6.92 Å². The third-order valence-electron chi connectivity index (χ3n) is 3.41. The average Bonchev–Trinajstić information content (AvgIpc) is 2.77. The van der Waals surface area contributed by atoms with E-state index in [9.17, 15) is 9.59 Å². The molecule has 1 aromatic carbocycles. The Kier molecular flexibility index (Phi) is 3.85. The Morgan fingerprint density at radius 2 is 2.16 bits per heavy atom. The highest BCUT2D eigenvalue weighted by Crippen LogP contribution is 2.38. The molecule has 1 fully saturated rings. The van der Waals surface area contributed by atoms with Crippen LogP contribution in [0.4, 0.5) is 5.69 Å². The lowest BCUT2D eigenvalue weighted by molar-refractivity contribution is -0.118. The van der Waals surface area contributed by atoms with Crippen molar-refractivity contribution in [2.75, 3.05) is 11.1 Å². The molecule has 2 N–H and O–H groups in total. The standard InChI is InChI=1S/C14H17NO3S/c1-9-8-10(4-5-11(9)12(16)17)15-13(18)14(2)6-3-7-19-14/h4-5,8H,3,6-7H2,1-2H3,(H,15,18)(H,16,17). The minimum atomic E-state index is -0.950. The van der Waals surface area contributed by atoms with E-state index in [0.29, 0.717) is 11.3 Å². The Morgan fingerprint density at radius 1 is 1.42 bits per heavy atom. The van der Waals surface area contributed by atoms with Crippen molar-refractivity contribution in [3.05, 3.63) is 29.3 Å². The van der Waals surface area contributed by atoms with Gasteiger partial charge >= 0.3 is 5.97 Å². The fourth-order valence-electron chi connectivity index (χ4n) is 2.20. The molecule has 1 aliphatic heterocycles. The van der Waals surface area contributed by atoms with E-state index in [1.54, 1.807) is 30.8 Å². The second kappa shape index (κ2) is 5.25. The molecule has 4 nitrogen and oxygen atoms in total. The molecule has 19 heavy (non-hydrogen) atoms. The van der Waals surface area contributed by atoms with Crippen LogP contribution in [0.25, 0.3) is 0 Å². The zero-order valence-electron chi connectivity index (χ0n) is 11.0. The van der Waals surface area contributed by atoms with Crippen LogP contribution in [-0.4, -0.2) is 27.5 Å². The number of aryl methyl sites for hydroxylation is 1. The first-order chi connectivity index (χ1) is 8.92. The summed E-state index contributed by atoms with van der Waals surface area (Å²) in [5.41, 5.74) is 1.57. The maximum absolute atomic E-state index is 12.2. The number of amides is 1. The molecule has 1 saturated heterocycles. The number of rotatable bonds is 3. The van der Waals surface area contributed by atoms with Crippen molar-refractivity contribution >= 4 is 29.3 Å². The summed E-state index contributed by atoms with van der Waals surface area (Å²) in [6.45, 7) is 3.68. The number of anilines is 1. The second-order valence-electron chi connectivity index (χ2n) is 4.97. The van der Waals surface area contributed by atoms with Crippen LogP contribution < -0.4 is 5.32 Å². The van der Waals surface area contributed by atoms with Gasteiger partial charge in [0.25, 0.3) is 0 Å². The number of nitrogens with one attached hydrogen (secondary N) is 1.